The summed E-state index contributed by atoms with van der Waals surface area (Å²) in [5, 5.41) is 11.3. The van der Waals surface area contributed by atoms with Gasteiger partial charge in [-0.3, -0.25) is 4.79 Å². The Morgan fingerprint density at radius 3 is 2.67 bits per heavy atom. The Kier molecular flexibility index (Phi) is 5.22. The van der Waals surface area contributed by atoms with Crippen LogP contribution in [0, 0.1) is 18.6 Å². The van der Waals surface area contributed by atoms with E-state index in [4.69, 9.17) is 5.11 Å². The molecule has 0 aliphatic carbocycles. The average molecular weight is 257 g/mol. The quantitative estimate of drug-likeness (QED) is 0.849. The summed E-state index contributed by atoms with van der Waals surface area (Å²) in [6.45, 7) is 3.21. The molecule has 1 aromatic carbocycles. The van der Waals surface area contributed by atoms with Gasteiger partial charge in [0.15, 0.2) is 0 Å². The van der Waals surface area contributed by atoms with Crippen molar-refractivity contribution in [2.45, 2.75) is 32.7 Å². The van der Waals surface area contributed by atoms with Crippen molar-refractivity contribution in [3.8, 4) is 0 Å². The summed E-state index contributed by atoms with van der Waals surface area (Å²) >= 11 is 0. The third-order valence-electron chi connectivity index (χ3n) is 2.82. The summed E-state index contributed by atoms with van der Waals surface area (Å²) in [7, 11) is 0. The third kappa shape index (κ3) is 3.26. The zero-order valence-electron chi connectivity index (χ0n) is 10.5. The Bertz CT molecular complexity index is 435. The number of amides is 1. The highest BCUT2D eigenvalue weighted by atomic mass is 19.1. The van der Waals surface area contributed by atoms with E-state index < -0.39 is 23.1 Å². The maximum Gasteiger partial charge on any atom is 0.257 e. The SMILES string of the molecule is CCC(CCO)NC(=O)c1c(F)ccc(C)c1F. The van der Waals surface area contributed by atoms with E-state index in [1.807, 2.05) is 6.92 Å². The van der Waals surface area contributed by atoms with Crippen LogP contribution in [0.4, 0.5) is 8.78 Å². The van der Waals surface area contributed by atoms with Gasteiger partial charge in [0.1, 0.15) is 17.2 Å². The lowest BCUT2D eigenvalue weighted by Gasteiger charge is -2.16. The van der Waals surface area contributed by atoms with Crippen LogP contribution >= 0.6 is 0 Å². The highest BCUT2D eigenvalue weighted by Crippen LogP contribution is 2.16. The van der Waals surface area contributed by atoms with Gasteiger partial charge in [0.25, 0.3) is 5.91 Å². The summed E-state index contributed by atoms with van der Waals surface area (Å²) in [5.41, 5.74) is -0.344. The van der Waals surface area contributed by atoms with E-state index in [1.165, 1.54) is 13.0 Å². The van der Waals surface area contributed by atoms with Crippen LogP contribution in [0.2, 0.25) is 0 Å². The van der Waals surface area contributed by atoms with Crippen molar-refractivity contribution in [3.05, 3.63) is 34.9 Å². The minimum absolute atomic E-state index is 0.0857. The second kappa shape index (κ2) is 6.44. The number of benzene rings is 1. The molecule has 1 rings (SSSR count). The molecule has 0 fully saturated rings. The van der Waals surface area contributed by atoms with Crippen molar-refractivity contribution in [2.24, 2.45) is 0 Å². The topological polar surface area (TPSA) is 49.3 Å². The first-order valence-electron chi connectivity index (χ1n) is 5.87. The average Bonchev–Trinajstić information content (AvgIpc) is 2.34. The normalized spacial score (nSPS) is 12.3. The molecule has 0 heterocycles. The molecule has 3 nitrogen and oxygen atoms in total. The van der Waals surface area contributed by atoms with E-state index in [2.05, 4.69) is 5.32 Å². The van der Waals surface area contributed by atoms with Gasteiger partial charge in [-0.05, 0) is 31.4 Å². The standard InChI is InChI=1S/C13H17F2NO2/c1-3-9(6-7-17)16-13(18)11-10(14)5-4-8(2)12(11)15/h4-5,9,17H,3,6-7H2,1-2H3,(H,16,18). The van der Waals surface area contributed by atoms with Crippen molar-refractivity contribution in [3.63, 3.8) is 0 Å². The lowest BCUT2D eigenvalue weighted by molar-refractivity contribution is 0.0920. The summed E-state index contributed by atoms with van der Waals surface area (Å²) in [4.78, 5) is 11.8. The molecule has 1 aromatic rings. The summed E-state index contributed by atoms with van der Waals surface area (Å²) in [5.74, 6) is -2.50. The number of carbonyl (C=O) groups is 1. The van der Waals surface area contributed by atoms with Gasteiger partial charge in [0, 0.05) is 12.6 Å². The fourth-order valence-corrected chi connectivity index (χ4v) is 1.66. The van der Waals surface area contributed by atoms with Crippen molar-refractivity contribution in [2.75, 3.05) is 6.61 Å². The number of rotatable bonds is 5. The van der Waals surface area contributed by atoms with Crippen molar-refractivity contribution < 1.29 is 18.7 Å². The number of aliphatic hydroxyl groups excluding tert-OH is 1. The molecule has 0 aliphatic rings. The molecule has 1 atom stereocenters. The Morgan fingerprint density at radius 1 is 1.44 bits per heavy atom. The number of hydrogen-bond donors (Lipinski definition) is 2. The largest absolute Gasteiger partial charge is 0.396 e. The first kappa shape index (κ1) is 14.6. The minimum Gasteiger partial charge on any atom is -0.396 e. The van der Waals surface area contributed by atoms with Crippen LogP contribution < -0.4 is 5.32 Å². The van der Waals surface area contributed by atoms with Gasteiger partial charge in [0.2, 0.25) is 0 Å². The first-order chi connectivity index (χ1) is 8.51. The number of halogens is 2. The third-order valence-corrected chi connectivity index (χ3v) is 2.82. The highest BCUT2D eigenvalue weighted by Gasteiger charge is 2.20. The summed E-state index contributed by atoms with van der Waals surface area (Å²) < 4.78 is 27.2. The molecule has 0 spiro atoms. The van der Waals surface area contributed by atoms with Crippen LogP contribution in [-0.4, -0.2) is 23.7 Å². The fourth-order valence-electron chi connectivity index (χ4n) is 1.66. The fraction of sp³-hybridized carbons (Fsp3) is 0.462. The molecule has 18 heavy (non-hydrogen) atoms. The Morgan fingerprint density at radius 2 is 2.11 bits per heavy atom. The number of aryl methyl sites for hydroxylation is 1. The molecular weight excluding hydrogens is 240 g/mol. The Hall–Kier alpha value is -1.49. The van der Waals surface area contributed by atoms with Gasteiger partial charge in [-0.15, -0.1) is 0 Å². The lowest BCUT2D eigenvalue weighted by atomic mass is 10.1. The minimum atomic E-state index is -0.880. The molecule has 0 saturated carbocycles. The molecular formula is C13H17F2NO2. The van der Waals surface area contributed by atoms with E-state index in [0.717, 1.165) is 6.07 Å². The lowest BCUT2D eigenvalue weighted by Crippen LogP contribution is -2.36. The van der Waals surface area contributed by atoms with E-state index in [0.29, 0.717) is 12.8 Å². The second-order valence-electron chi connectivity index (χ2n) is 4.14. The predicted octanol–water partition coefficient (Wildman–Crippen LogP) is 2.16. The summed E-state index contributed by atoms with van der Waals surface area (Å²) in [6, 6.07) is 2.06. The highest BCUT2D eigenvalue weighted by molar-refractivity contribution is 5.95. The van der Waals surface area contributed by atoms with Gasteiger partial charge < -0.3 is 10.4 Å². The molecule has 0 aromatic heterocycles. The number of hydrogen-bond acceptors (Lipinski definition) is 2. The van der Waals surface area contributed by atoms with Crippen LogP contribution in [0.3, 0.4) is 0 Å². The van der Waals surface area contributed by atoms with Gasteiger partial charge in [-0.2, -0.15) is 0 Å². The van der Waals surface area contributed by atoms with E-state index in [-0.39, 0.29) is 18.2 Å². The predicted molar refractivity (Wildman–Crippen MR) is 64.3 cm³/mol. The molecule has 0 bridgehead atoms. The molecule has 1 unspecified atom stereocenters. The Labute approximate surface area is 105 Å². The van der Waals surface area contributed by atoms with Crippen LogP contribution in [0.15, 0.2) is 12.1 Å². The molecule has 0 aliphatic heterocycles. The van der Waals surface area contributed by atoms with E-state index >= 15 is 0 Å². The zero-order valence-corrected chi connectivity index (χ0v) is 10.5. The van der Waals surface area contributed by atoms with Crippen molar-refractivity contribution >= 4 is 5.91 Å². The van der Waals surface area contributed by atoms with E-state index in [9.17, 15) is 13.6 Å². The smallest absolute Gasteiger partial charge is 0.257 e. The molecule has 5 heteroatoms. The van der Waals surface area contributed by atoms with Gasteiger partial charge in [0.05, 0.1) is 0 Å². The molecule has 1 amide bonds. The van der Waals surface area contributed by atoms with E-state index in [1.54, 1.807) is 0 Å². The molecule has 0 saturated heterocycles. The number of aliphatic hydroxyl groups is 1. The molecule has 2 N–H and O–H groups in total. The summed E-state index contributed by atoms with van der Waals surface area (Å²) in [6.07, 6.45) is 0.943. The number of nitrogens with one attached hydrogen (secondary N) is 1. The van der Waals surface area contributed by atoms with Gasteiger partial charge in [-0.1, -0.05) is 13.0 Å². The van der Waals surface area contributed by atoms with Crippen LogP contribution in [0.25, 0.3) is 0 Å². The van der Waals surface area contributed by atoms with Crippen molar-refractivity contribution in [1.82, 2.24) is 5.32 Å². The van der Waals surface area contributed by atoms with Gasteiger partial charge in [-0.25, -0.2) is 8.78 Å². The van der Waals surface area contributed by atoms with Gasteiger partial charge >= 0.3 is 0 Å². The maximum absolute atomic E-state index is 13.7. The monoisotopic (exact) mass is 257 g/mol. The molecule has 0 radical (unpaired) electrons. The Balaban J connectivity index is 2.93. The maximum atomic E-state index is 13.7. The number of carbonyl (C=O) groups excluding carboxylic acids is 1. The zero-order chi connectivity index (χ0) is 13.7. The van der Waals surface area contributed by atoms with Crippen molar-refractivity contribution in [1.29, 1.82) is 0 Å². The second-order valence-corrected chi connectivity index (χ2v) is 4.14. The first-order valence-corrected chi connectivity index (χ1v) is 5.87. The van der Waals surface area contributed by atoms with Crippen LogP contribution in [0.1, 0.15) is 35.7 Å². The van der Waals surface area contributed by atoms with Crippen LogP contribution in [-0.2, 0) is 0 Å². The van der Waals surface area contributed by atoms with Crippen LogP contribution in [0.5, 0.6) is 0 Å². The molecule has 100 valence electrons.